The van der Waals surface area contributed by atoms with Gasteiger partial charge < -0.3 is 15.3 Å². The minimum atomic E-state index is -1.06. The zero-order valence-electron chi connectivity index (χ0n) is 12.2. The van der Waals surface area contributed by atoms with Crippen molar-refractivity contribution in [2.75, 3.05) is 0 Å². The summed E-state index contributed by atoms with van der Waals surface area (Å²) in [6.07, 6.45) is 2.26. The molecule has 22 heavy (non-hydrogen) atoms. The Hall–Kier alpha value is -2.82. The molecule has 0 heterocycles. The first-order valence-corrected chi connectivity index (χ1v) is 6.78. The van der Waals surface area contributed by atoms with Crippen LogP contribution in [0.1, 0.15) is 39.6 Å². The lowest BCUT2D eigenvalue weighted by molar-refractivity contribution is 0.0681. The first-order chi connectivity index (χ1) is 10.4. The summed E-state index contributed by atoms with van der Waals surface area (Å²) in [5.74, 6) is -1.78. The smallest absolute Gasteiger partial charge is 0.335 e. The zero-order chi connectivity index (χ0) is 16.5. The minimum Gasteiger partial charge on any atom is -0.508 e. The monoisotopic (exact) mass is 302 g/mol. The van der Waals surface area contributed by atoms with Gasteiger partial charge in [0.1, 0.15) is 5.75 Å². The van der Waals surface area contributed by atoms with Crippen LogP contribution in [0.3, 0.4) is 0 Å². The third-order valence-corrected chi connectivity index (χ3v) is 2.85. The molecule has 5 nitrogen and oxygen atoms in total. The molecule has 0 bridgehead atoms. The SMILES string of the molecule is CCCc1ccc(O)cc1.O=C(O)c1ccc(C(=O)O)cc1. The largest absolute Gasteiger partial charge is 0.508 e. The molecule has 0 atom stereocenters. The number of aromatic hydroxyl groups is 1. The number of hydrogen-bond donors (Lipinski definition) is 3. The van der Waals surface area contributed by atoms with Crippen LogP contribution in [0.5, 0.6) is 5.75 Å². The average Bonchev–Trinajstić information content (AvgIpc) is 2.50. The van der Waals surface area contributed by atoms with Crippen molar-refractivity contribution in [3.05, 3.63) is 65.2 Å². The Balaban J connectivity index is 0.000000224. The number of aryl methyl sites for hydroxylation is 1. The molecule has 5 heteroatoms. The quantitative estimate of drug-likeness (QED) is 0.804. The number of benzene rings is 2. The van der Waals surface area contributed by atoms with Gasteiger partial charge in [-0.25, -0.2) is 9.59 Å². The molecular weight excluding hydrogens is 284 g/mol. The van der Waals surface area contributed by atoms with Crippen LogP contribution in [0.2, 0.25) is 0 Å². The minimum absolute atomic E-state index is 0.0833. The Morgan fingerprint density at radius 2 is 1.23 bits per heavy atom. The normalized spacial score (nSPS) is 9.50. The van der Waals surface area contributed by atoms with Crippen LogP contribution >= 0.6 is 0 Å². The van der Waals surface area contributed by atoms with Crippen LogP contribution in [0, 0.1) is 0 Å². The van der Waals surface area contributed by atoms with Gasteiger partial charge in [0.2, 0.25) is 0 Å². The second kappa shape index (κ2) is 8.46. The summed E-state index contributed by atoms with van der Waals surface area (Å²) in [6.45, 7) is 2.15. The predicted molar refractivity (Wildman–Crippen MR) is 82.5 cm³/mol. The first kappa shape index (κ1) is 17.2. The van der Waals surface area contributed by atoms with Crippen molar-refractivity contribution < 1.29 is 24.9 Å². The van der Waals surface area contributed by atoms with Gasteiger partial charge in [-0.2, -0.15) is 0 Å². The number of carboxylic acids is 2. The van der Waals surface area contributed by atoms with Gasteiger partial charge in [-0.1, -0.05) is 25.5 Å². The van der Waals surface area contributed by atoms with Gasteiger partial charge in [0, 0.05) is 0 Å². The Kier molecular flexibility index (Phi) is 6.63. The Morgan fingerprint density at radius 3 is 1.55 bits per heavy atom. The molecule has 116 valence electrons. The molecule has 0 aliphatic carbocycles. The van der Waals surface area contributed by atoms with Gasteiger partial charge in [0.15, 0.2) is 0 Å². The van der Waals surface area contributed by atoms with Crippen molar-refractivity contribution in [3.8, 4) is 5.75 Å². The lowest BCUT2D eigenvalue weighted by Gasteiger charge is -1.96. The van der Waals surface area contributed by atoms with Gasteiger partial charge in [0.05, 0.1) is 11.1 Å². The van der Waals surface area contributed by atoms with E-state index in [-0.39, 0.29) is 11.1 Å². The lowest BCUT2D eigenvalue weighted by Crippen LogP contribution is -1.99. The van der Waals surface area contributed by atoms with E-state index >= 15 is 0 Å². The standard InChI is InChI=1S/C9H12O.C8H6O4/c1-2-3-8-4-6-9(10)7-5-8;9-7(10)5-1-2-6(4-3-5)8(11)12/h4-7,10H,2-3H2,1H3;1-4H,(H,9,10)(H,11,12). The molecular formula is C17H18O5. The zero-order valence-corrected chi connectivity index (χ0v) is 12.2. The molecule has 0 aromatic heterocycles. The van der Waals surface area contributed by atoms with Crippen molar-refractivity contribution in [1.82, 2.24) is 0 Å². The van der Waals surface area contributed by atoms with E-state index in [1.54, 1.807) is 12.1 Å². The van der Waals surface area contributed by atoms with Crippen molar-refractivity contribution in [2.45, 2.75) is 19.8 Å². The molecule has 3 N–H and O–H groups in total. The Labute approximate surface area is 128 Å². The summed E-state index contributed by atoms with van der Waals surface area (Å²) in [5.41, 5.74) is 1.46. The van der Waals surface area contributed by atoms with Gasteiger partial charge >= 0.3 is 11.9 Å². The molecule has 0 spiro atoms. The maximum absolute atomic E-state index is 10.3. The van der Waals surface area contributed by atoms with E-state index < -0.39 is 11.9 Å². The molecule has 2 aromatic rings. The van der Waals surface area contributed by atoms with Crippen LogP contribution in [-0.2, 0) is 6.42 Å². The van der Waals surface area contributed by atoms with Crippen molar-refractivity contribution in [1.29, 1.82) is 0 Å². The van der Waals surface area contributed by atoms with E-state index in [1.807, 2.05) is 12.1 Å². The van der Waals surface area contributed by atoms with Gasteiger partial charge in [0.25, 0.3) is 0 Å². The predicted octanol–water partition coefficient (Wildman–Crippen LogP) is 3.43. The van der Waals surface area contributed by atoms with Crippen LogP contribution in [0.25, 0.3) is 0 Å². The Morgan fingerprint density at radius 1 is 0.818 bits per heavy atom. The molecule has 0 aliphatic rings. The fourth-order valence-electron chi connectivity index (χ4n) is 1.71. The van der Waals surface area contributed by atoms with Gasteiger partial charge in [-0.05, 0) is 48.4 Å². The second-order valence-corrected chi connectivity index (χ2v) is 4.60. The van der Waals surface area contributed by atoms with E-state index in [0.717, 1.165) is 12.8 Å². The topological polar surface area (TPSA) is 94.8 Å². The maximum Gasteiger partial charge on any atom is 0.335 e. The van der Waals surface area contributed by atoms with E-state index in [0.29, 0.717) is 5.75 Å². The number of carbonyl (C=O) groups is 2. The van der Waals surface area contributed by atoms with Crippen molar-refractivity contribution >= 4 is 11.9 Å². The molecule has 0 unspecified atom stereocenters. The van der Waals surface area contributed by atoms with Crippen LogP contribution in [0.4, 0.5) is 0 Å². The van der Waals surface area contributed by atoms with E-state index in [2.05, 4.69) is 6.92 Å². The van der Waals surface area contributed by atoms with Gasteiger partial charge in [-0.3, -0.25) is 0 Å². The van der Waals surface area contributed by atoms with Gasteiger partial charge in [-0.15, -0.1) is 0 Å². The molecule has 0 saturated carbocycles. The highest BCUT2D eigenvalue weighted by molar-refractivity contribution is 5.91. The van der Waals surface area contributed by atoms with Crippen LogP contribution in [0.15, 0.2) is 48.5 Å². The van der Waals surface area contributed by atoms with Crippen LogP contribution in [-0.4, -0.2) is 27.3 Å². The first-order valence-electron chi connectivity index (χ1n) is 6.78. The molecule has 0 fully saturated rings. The molecule has 0 aliphatic heterocycles. The number of hydrogen-bond acceptors (Lipinski definition) is 3. The third-order valence-electron chi connectivity index (χ3n) is 2.85. The maximum atomic E-state index is 10.3. The highest BCUT2D eigenvalue weighted by Crippen LogP contribution is 2.10. The summed E-state index contributed by atoms with van der Waals surface area (Å²) in [4.78, 5) is 20.7. The van der Waals surface area contributed by atoms with Crippen LogP contribution < -0.4 is 0 Å². The lowest BCUT2D eigenvalue weighted by atomic mass is 10.1. The summed E-state index contributed by atoms with van der Waals surface area (Å²) in [7, 11) is 0. The summed E-state index contributed by atoms with van der Waals surface area (Å²) < 4.78 is 0. The molecule has 2 rings (SSSR count). The number of aromatic carboxylic acids is 2. The fourth-order valence-corrected chi connectivity index (χ4v) is 1.71. The molecule has 0 radical (unpaired) electrons. The molecule has 0 amide bonds. The highest BCUT2D eigenvalue weighted by Gasteiger charge is 2.04. The number of rotatable bonds is 4. The van der Waals surface area contributed by atoms with Crippen molar-refractivity contribution in [3.63, 3.8) is 0 Å². The summed E-state index contributed by atoms with van der Waals surface area (Å²) >= 11 is 0. The summed E-state index contributed by atoms with van der Waals surface area (Å²) in [5, 5.41) is 25.9. The number of phenols is 1. The third kappa shape index (κ3) is 5.66. The fraction of sp³-hybridized carbons (Fsp3) is 0.176. The number of phenolic OH excluding ortho intramolecular Hbond substituents is 1. The van der Waals surface area contributed by atoms with E-state index in [4.69, 9.17) is 15.3 Å². The molecule has 2 aromatic carbocycles. The van der Waals surface area contributed by atoms with E-state index in [9.17, 15) is 9.59 Å². The molecule has 0 saturated heterocycles. The second-order valence-electron chi connectivity index (χ2n) is 4.60. The van der Waals surface area contributed by atoms with Crippen molar-refractivity contribution in [2.24, 2.45) is 0 Å². The number of carboxylic acid groups (broad SMARTS) is 2. The average molecular weight is 302 g/mol. The summed E-state index contributed by atoms with van der Waals surface area (Å²) in [6, 6.07) is 12.4. The highest BCUT2D eigenvalue weighted by atomic mass is 16.4. The Bertz CT molecular complexity index is 582. The van der Waals surface area contributed by atoms with E-state index in [1.165, 1.54) is 29.8 Å².